The normalized spacial score (nSPS) is 23.2. The molecule has 0 bridgehead atoms. The highest BCUT2D eigenvalue weighted by Gasteiger charge is 2.40. The standard InChI is InChI=1S/C14H24N2O4/c17-12(10-20-11-4-8-15-9-5-11)16-14(13(18)19)6-2-1-3-7-14/h11,15H,1-10H2,(H,16,17)(H,18,19). The van der Waals surface area contributed by atoms with Crippen LogP contribution in [0.4, 0.5) is 0 Å². The van der Waals surface area contributed by atoms with Crippen LogP contribution in [-0.4, -0.2) is 48.3 Å². The largest absolute Gasteiger partial charge is 0.480 e. The molecule has 0 spiro atoms. The molecule has 2 aliphatic rings. The van der Waals surface area contributed by atoms with E-state index in [9.17, 15) is 14.7 Å². The maximum Gasteiger partial charge on any atom is 0.329 e. The average Bonchev–Trinajstić information content (AvgIpc) is 2.47. The molecule has 1 heterocycles. The number of rotatable bonds is 5. The quantitative estimate of drug-likeness (QED) is 0.690. The molecule has 0 unspecified atom stereocenters. The molecular formula is C14H24N2O4. The SMILES string of the molecule is O=C(COC1CCNCC1)NC1(C(=O)O)CCCCC1. The first-order valence-electron chi connectivity index (χ1n) is 7.49. The van der Waals surface area contributed by atoms with Gasteiger partial charge in [0.15, 0.2) is 0 Å². The third-order valence-electron chi connectivity index (χ3n) is 4.23. The fourth-order valence-electron chi connectivity index (χ4n) is 3.01. The number of amides is 1. The smallest absolute Gasteiger partial charge is 0.329 e. The molecule has 20 heavy (non-hydrogen) atoms. The van der Waals surface area contributed by atoms with Crippen LogP contribution in [0.3, 0.4) is 0 Å². The van der Waals surface area contributed by atoms with Crippen molar-refractivity contribution in [2.75, 3.05) is 19.7 Å². The van der Waals surface area contributed by atoms with Gasteiger partial charge in [0, 0.05) is 0 Å². The van der Waals surface area contributed by atoms with E-state index in [4.69, 9.17) is 4.74 Å². The zero-order valence-corrected chi connectivity index (χ0v) is 11.8. The van der Waals surface area contributed by atoms with Crippen molar-refractivity contribution >= 4 is 11.9 Å². The van der Waals surface area contributed by atoms with Crippen LogP contribution in [0.2, 0.25) is 0 Å². The molecule has 0 radical (unpaired) electrons. The minimum Gasteiger partial charge on any atom is -0.480 e. The topological polar surface area (TPSA) is 87.7 Å². The van der Waals surface area contributed by atoms with Gasteiger partial charge < -0.3 is 20.5 Å². The van der Waals surface area contributed by atoms with Gasteiger partial charge in [-0.3, -0.25) is 4.79 Å². The predicted octanol–water partition coefficient (Wildman–Crippen LogP) is 0.659. The number of nitrogens with one attached hydrogen (secondary N) is 2. The molecule has 0 atom stereocenters. The molecule has 2 rings (SSSR count). The van der Waals surface area contributed by atoms with E-state index in [0.29, 0.717) is 12.8 Å². The molecular weight excluding hydrogens is 260 g/mol. The van der Waals surface area contributed by atoms with Gasteiger partial charge in [-0.1, -0.05) is 19.3 Å². The molecule has 1 aliphatic heterocycles. The fraction of sp³-hybridized carbons (Fsp3) is 0.857. The van der Waals surface area contributed by atoms with Gasteiger partial charge in [0.25, 0.3) is 0 Å². The molecule has 1 amide bonds. The van der Waals surface area contributed by atoms with E-state index in [-0.39, 0.29) is 18.6 Å². The molecule has 2 fully saturated rings. The number of hydrogen-bond acceptors (Lipinski definition) is 4. The monoisotopic (exact) mass is 284 g/mol. The van der Waals surface area contributed by atoms with Crippen molar-refractivity contribution in [3.8, 4) is 0 Å². The first kappa shape index (κ1) is 15.3. The predicted molar refractivity (Wildman–Crippen MR) is 73.4 cm³/mol. The second-order valence-corrected chi connectivity index (χ2v) is 5.76. The Bertz CT molecular complexity index is 347. The number of aliphatic carboxylic acids is 1. The van der Waals surface area contributed by atoms with Crippen molar-refractivity contribution in [2.24, 2.45) is 0 Å². The van der Waals surface area contributed by atoms with Crippen LogP contribution in [-0.2, 0) is 14.3 Å². The van der Waals surface area contributed by atoms with E-state index < -0.39 is 11.5 Å². The van der Waals surface area contributed by atoms with Crippen LogP contribution >= 0.6 is 0 Å². The van der Waals surface area contributed by atoms with Gasteiger partial charge in [0.05, 0.1) is 6.10 Å². The second kappa shape index (κ2) is 7.04. The van der Waals surface area contributed by atoms with E-state index in [1.165, 1.54) is 0 Å². The number of ether oxygens (including phenoxy) is 1. The molecule has 1 aliphatic carbocycles. The minimum atomic E-state index is -1.08. The number of piperidine rings is 1. The van der Waals surface area contributed by atoms with Crippen LogP contribution in [0.1, 0.15) is 44.9 Å². The van der Waals surface area contributed by atoms with E-state index in [2.05, 4.69) is 10.6 Å². The number of carboxylic acid groups (broad SMARTS) is 1. The average molecular weight is 284 g/mol. The second-order valence-electron chi connectivity index (χ2n) is 5.76. The highest BCUT2D eigenvalue weighted by molar-refractivity contribution is 5.87. The maximum absolute atomic E-state index is 11.9. The molecule has 0 aromatic carbocycles. The van der Waals surface area contributed by atoms with Crippen LogP contribution in [0.5, 0.6) is 0 Å². The van der Waals surface area contributed by atoms with Gasteiger partial charge in [0.2, 0.25) is 5.91 Å². The Labute approximate surface area is 119 Å². The number of carboxylic acids is 1. The molecule has 3 N–H and O–H groups in total. The van der Waals surface area contributed by atoms with Crippen molar-refractivity contribution in [3.63, 3.8) is 0 Å². The highest BCUT2D eigenvalue weighted by Crippen LogP contribution is 2.28. The van der Waals surface area contributed by atoms with E-state index >= 15 is 0 Å². The van der Waals surface area contributed by atoms with Gasteiger partial charge in [-0.15, -0.1) is 0 Å². The summed E-state index contributed by atoms with van der Waals surface area (Å²) in [7, 11) is 0. The summed E-state index contributed by atoms with van der Waals surface area (Å²) < 4.78 is 5.57. The van der Waals surface area contributed by atoms with Crippen LogP contribution in [0.25, 0.3) is 0 Å². The Balaban J connectivity index is 1.80. The van der Waals surface area contributed by atoms with Gasteiger partial charge in [-0.2, -0.15) is 0 Å². The van der Waals surface area contributed by atoms with Crippen molar-refractivity contribution < 1.29 is 19.4 Å². The molecule has 1 saturated carbocycles. The number of hydrogen-bond donors (Lipinski definition) is 3. The minimum absolute atomic E-state index is 0.0420. The summed E-state index contributed by atoms with van der Waals surface area (Å²) in [5.41, 5.74) is -1.08. The fourth-order valence-corrected chi connectivity index (χ4v) is 3.01. The van der Waals surface area contributed by atoms with Crippen LogP contribution in [0.15, 0.2) is 0 Å². The highest BCUT2D eigenvalue weighted by atomic mass is 16.5. The molecule has 0 aromatic rings. The number of carbonyl (C=O) groups excluding carboxylic acids is 1. The summed E-state index contributed by atoms with van der Waals surface area (Å²) in [4.78, 5) is 23.4. The third kappa shape index (κ3) is 3.93. The molecule has 0 aromatic heterocycles. The molecule has 6 heteroatoms. The summed E-state index contributed by atoms with van der Waals surface area (Å²) >= 11 is 0. The maximum atomic E-state index is 11.9. The molecule has 1 saturated heterocycles. The van der Waals surface area contributed by atoms with Gasteiger partial charge >= 0.3 is 5.97 Å². The lowest BCUT2D eigenvalue weighted by Gasteiger charge is -2.34. The van der Waals surface area contributed by atoms with E-state index in [1.807, 2.05) is 0 Å². The number of carbonyl (C=O) groups is 2. The van der Waals surface area contributed by atoms with Crippen molar-refractivity contribution in [1.82, 2.24) is 10.6 Å². The Morgan fingerprint density at radius 1 is 1.20 bits per heavy atom. The van der Waals surface area contributed by atoms with Crippen molar-refractivity contribution in [1.29, 1.82) is 0 Å². The summed E-state index contributed by atoms with van der Waals surface area (Å²) in [6, 6.07) is 0. The molecule has 6 nitrogen and oxygen atoms in total. The summed E-state index contributed by atoms with van der Waals surface area (Å²) in [5, 5.41) is 15.3. The van der Waals surface area contributed by atoms with E-state index in [0.717, 1.165) is 45.2 Å². The van der Waals surface area contributed by atoms with Gasteiger partial charge in [-0.25, -0.2) is 4.79 Å². The lowest BCUT2D eigenvalue weighted by atomic mass is 9.81. The first-order valence-corrected chi connectivity index (χ1v) is 7.49. The zero-order chi connectivity index (χ0) is 14.4. The molecule has 114 valence electrons. The lowest BCUT2D eigenvalue weighted by molar-refractivity contribution is -0.150. The summed E-state index contributed by atoms with van der Waals surface area (Å²) in [6.07, 6.45) is 5.67. The summed E-state index contributed by atoms with van der Waals surface area (Å²) in [6.45, 7) is 1.77. The van der Waals surface area contributed by atoms with Crippen LogP contribution in [0, 0.1) is 0 Å². The first-order chi connectivity index (χ1) is 9.62. The third-order valence-corrected chi connectivity index (χ3v) is 4.23. The van der Waals surface area contributed by atoms with E-state index in [1.54, 1.807) is 0 Å². The van der Waals surface area contributed by atoms with Crippen LogP contribution < -0.4 is 10.6 Å². The lowest BCUT2D eigenvalue weighted by Crippen LogP contribution is -2.56. The Morgan fingerprint density at radius 3 is 2.45 bits per heavy atom. The Hall–Kier alpha value is -1.14. The van der Waals surface area contributed by atoms with Gasteiger partial charge in [0.1, 0.15) is 12.1 Å². The van der Waals surface area contributed by atoms with Crippen molar-refractivity contribution in [2.45, 2.75) is 56.6 Å². The van der Waals surface area contributed by atoms with Crippen molar-refractivity contribution in [3.05, 3.63) is 0 Å². The Morgan fingerprint density at radius 2 is 1.85 bits per heavy atom. The van der Waals surface area contributed by atoms with Gasteiger partial charge in [-0.05, 0) is 38.8 Å². The summed E-state index contributed by atoms with van der Waals surface area (Å²) in [5.74, 6) is -1.24. The zero-order valence-electron chi connectivity index (χ0n) is 11.8. The Kier molecular flexibility index (Phi) is 5.37.